The van der Waals surface area contributed by atoms with Crippen LogP contribution in [0.2, 0.25) is 0 Å². The number of aryl methyl sites for hydroxylation is 2. The first kappa shape index (κ1) is 17.2. The van der Waals surface area contributed by atoms with Crippen molar-refractivity contribution in [3.8, 4) is 11.6 Å². The average molecular weight is 356 g/mol. The van der Waals surface area contributed by atoms with Gasteiger partial charge >= 0.3 is 0 Å². The van der Waals surface area contributed by atoms with Crippen molar-refractivity contribution < 1.29 is 19.7 Å². The van der Waals surface area contributed by atoms with E-state index < -0.39 is 24.4 Å². The van der Waals surface area contributed by atoms with Crippen molar-refractivity contribution in [2.24, 2.45) is 0 Å². The van der Waals surface area contributed by atoms with Crippen molar-refractivity contribution in [3.05, 3.63) is 47.4 Å². The fourth-order valence-electron chi connectivity index (χ4n) is 3.86. The van der Waals surface area contributed by atoms with Crippen LogP contribution in [0.15, 0.2) is 30.5 Å². The van der Waals surface area contributed by atoms with Gasteiger partial charge in [0.25, 0.3) is 0 Å². The van der Waals surface area contributed by atoms with Crippen LogP contribution in [0.1, 0.15) is 36.2 Å². The normalized spacial score (nSPS) is 27.8. The Balaban J connectivity index is 1.48. The van der Waals surface area contributed by atoms with Gasteiger partial charge in [0.2, 0.25) is 5.88 Å². The maximum atomic E-state index is 10.4. The highest BCUT2D eigenvalue weighted by Gasteiger charge is 2.45. The standard InChI is InChI=1S/C20H24N2O4/c1-12-21-10-9-18(22-12)26-17-11-16(19(23)20(17)24)25-15-8-4-6-13-5-2-3-7-14(13)15/h4,6,8-10,16-17,19-20,23-24H,2-3,5,7,11H2,1H3/t16?,17?,19-,20+/m1/s1. The molecule has 1 aromatic heterocycles. The molecule has 2 aromatic rings. The maximum absolute atomic E-state index is 10.4. The monoisotopic (exact) mass is 356 g/mol. The molecule has 26 heavy (non-hydrogen) atoms. The molecule has 0 aliphatic heterocycles. The zero-order chi connectivity index (χ0) is 18.1. The Kier molecular flexibility index (Phi) is 4.78. The number of aliphatic hydroxyl groups excluding tert-OH is 2. The van der Waals surface area contributed by atoms with E-state index in [1.807, 2.05) is 12.1 Å². The lowest BCUT2D eigenvalue weighted by Gasteiger charge is -2.23. The van der Waals surface area contributed by atoms with Crippen LogP contribution in [0.4, 0.5) is 0 Å². The minimum atomic E-state index is -1.02. The van der Waals surface area contributed by atoms with Crippen molar-refractivity contribution in [1.29, 1.82) is 0 Å². The van der Waals surface area contributed by atoms with E-state index in [-0.39, 0.29) is 0 Å². The van der Waals surface area contributed by atoms with Crippen LogP contribution in [0.5, 0.6) is 11.6 Å². The van der Waals surface area contributed by atoms with Gasteiger partial charge in [0.05, 0.1) is 0 Å². The minimum absolute atomic E-state index is 0.395. The lowest BCUT2D eigenvalue weighted by atomic mass is 9.91. The van der Waals surface area contributed by atoms with Crippen LogP contribution in [0, 0.1) is 6.92 Å². The summed E-state index contributed by atoms with van der Waals surface area (Å²) in [5.41, 5.74) is 2.56. The largest absolute Gasteiger partial charge is 0.487 e. The molecular formula is C20H24N2O4. The van der Waals surface area contributed by atoms with Crippen LogP contribution in [-0.4, -0.2) is 44.6 Å². The lowest BCUT2D eigenvalue weighted by molar-refractivity contribution is -0.0321. The SMILES string of the molecule is Cc1nccc(OC2CC(Oc3cccc4c3CCCC4)[C@@H](O)[C@H]2O)n1. The summed E-state index contributed by atoms with van der Waals surface area (Å²) < 4.78 is 11.9. The Morgan fingerprint density at radius 2 is 1.77 bits per heavy atom. The third-order valence-electron chi connectivity index (χ3n) is 5.23. The highest BCUT2D eigenvalue weighted by atomic mass is 16.5. The smallest absolute Gasteiger partial charge is 0.216 e. The molecule has 2 unspecified atom stereocenters. The molecule has 2 aliphatic carbocycles. The summed E-state index contributed by atoms with van der Waals surface area (Å²) in [5.74, 6) is 1.81. The Morgan fingerprint density at radius 3 is 2.58 bits per heavy atom. The average Bonchev–Trinajstić information content (AvgIpc) is 2.90. The fraction of sp³-hybridized carbons (Fsp3) is 0.500. The van der Waals surface area contributed by atoms with E-state index in [0.717, 1.165) is 25.0 Å². The number of benzene rings is 1. The summed E-state index contributed by atoms with van der Waals surface area (Å²) in [6.07, 6.45) is 3.34. The van der Waals surface area contributed by atoms with E-state index in [1.165, 1.54) is 17.5 Å². The molecule has 0 radical (unpaired) electrons. The molecule has 1 heterocycles. The Hall–Kier alpha value is -2.18. The van der Waals surface area contributed by atoms with Gasteiger partial charge in [-0.1, -0.05) is 12.1 Å². The predicted octanol–water partition coefficient (Wildman–Crippen LogP) is 1.98. The van der Waals surface area contributed by atoms with E-state index in [1.54, 1.807) is 19.2 Å². The van der Waals surface area contributed by atoms with Crippen LogP contribution in [0.25, 0.3) is 0 Å². The van der Waals surface area contributed by atoms with E-state index in [9.17, 15) is 10.2 Å². The molecule has 2 N–H and O–H groups in total. The van der Waals surface area contributed by atoms with Crippen molar-refractivity contribution in [2.75, 3.05) is 0 Å². The van der Waals surface area contributed by atoms with Crippen LogP contribution in [0.3, 0.4) is 0 Å². The van der Waals surface area contributed by atoms with Gasteiger partial charge in [0, 0.05) is 18.7 Å². The summed E-state index contributed by atoms with van der Waals surface area (Å²) in [4.78, 5) is 8.23. The summed E-state index contributed by atoms with van der Waals surface area (Å²) in [6.45, 7) is 1.78. The van der Waals surface area contributed by atoms with Crippen molar-refractivity contribution in [1.82, 2.24) is 9.97 Å². The van der Waals surface area contributed by atoms with Gasteiger partial charge in [0.1, 0.15) is 36.0 Å². The Morgan fingerprint density at radius 1 is 1.00 bits per heavy atom. The predicted molar refractivity (Wildman–Crippen MR) is 95.3 cm³/mol. The molecule has 4 rings (SSSR count). The maximum Gasteiger partial charge on any atom is 0.216 e. The fourth-order valence-corrected chi connectivity index (χ4v) is 3.86. The van der Waals surface area contributed by atoms with E-state index in [0.29, 0.717) is 18.1 Å². The van der Waals surface area contributed by atoms with E-state index in [2.05, 4.69) is 16.0 Å². The van der Waals surface area contributed by atoms with Crippen molar-refractivity contribution in [2.45, 2.75) is 63.4 Å². The highest BCUT2D eigenvalue weighted by Crippen LogP contribution is 2.34. The molecule has 4 atom stereocenters. The zero-order valence-electron chi connectivity index (χ0n) is 14.8. The van der Waals surface area contributed by atoms with Gasteiger partial charge < -0.3 is 19.7 Å². The molecule has 6 heteroatoms. The second-order valence-electron chi connectivity index (χ2n) is 7.07. The molecular weight excluding hydrogens is 332 g/mol. The number of aromatic nitrogens is 2. The zero-order valence-corrected chi connectivity index (χ0v) is 14.8. The molecule has 1 fully saturated rings. The molecule has 0 spiro atoms. The summed E-state index contributed by atoms with van der Waals surface area (Å²) in [7, 11) is 0. The first-order valence-corrected chi connectivity index (χ1v) is 9.21. The first-order valence-electron chi connectivity index (χ1n) is 9.21. The second kappa shape index (κ2) is 7.21. The summed E-state index contributed by atoms with van der Waals surface area (Å²) in [6, 6.07) is 7.73. The number of rotatable bonds is 4. The lowest BCUT2D eigenvalue weighted by Crippen LogP contribution is -2.36. The molecule has 2 aliphatic rings. The van der Waals surface area contributed by atoms with Gasteiger partial charge in [-0.05, 0) is 49.8 Å². The molecule has 1 saturated carbocycles. The van der Waals surface area contributed by atoms with Crippen molar-refractivity contribution >= 4 is 0 Å². The minimum Gasteiger partial charge on any atom is -0.487 e. The Bertz CT molecular complexity index is 782. The first-order chi connectivity index (χ1) is 12.6. The number of fused-ring (bicyclic) bond motifs is 1. The van der Waals surface area contributed by atoms with E-state index >= 15 is 0 Å². The third kappa shape index (κ3) is 3.39. The van der Waals surface area contributed by atoms with Gasteiger partial charge in [-0.2, -0.15) is 4.98 Å². The van der Waals surface area contributed by atoms with Gasteiger partial charge in [-0.15, -0.1) is 0 Å². The summed E-state index contributed by atoms with van der Waals surface area (Å²) in [5, 5.41) is 20.8. The van der Waals surface area contributed by atoms with Crippen LogP contribution >= 0.6 is 0 Å². The third-order valence-corrected chi connectivity index (χ3v) is 5.23. The summed E-state index contributed by atoms with van der Waals surface area (Å²) >= 11 is 0. The quantitative estimate of drug-likeness (QED) is 0.871. The number of ether oxygens (including phenoxy) is 2. The number of hydrogen-bond acceptors (Lipinski definition) is 6. The van der Waals surface area contributed by atoms with Gasteiger partial charge in [0.15, 0.2) is 0 Å². The number of nitrogens with zero attached hydrogens (tertiary/aromatic N) is 2. The van der Waals surface area contributed by atoms with Crippen LogP contribution in [-0.2, 0) is 12.8 Å². The van der Waals surface area contributed by atoms with Gasteiger partial charge in [-0.3, -0.25) is 0 Å². The molecule has 1 aromatic carbocycles. The highest BCUT2D eigenvalue weighted by molar-refractivity contribution is 5.42. The topological polar surface area (TPSA) is 84.7 Å². The van der Waals surface area contributed by atoms with Crippen LogP contribution < -0.4 is 9.47 Å². The molecule has 6 nitrogen and oxygen atoms in total. The molecule has 0 amide bonds. The Labute approximate surface area is 152 Å². The molecule has 0 bridgehead atoms. The second-order valence-corrected chi connectivity index (χ2v) is 7.07. The van der Waals surface area contributed by atoms with E-state index in [4.69, 9.17) is 9.47 Å². The number of hydrogen-bond donors (Lipinski definition) is 2. The van der Waals surface area contributed by atoms with Crippen molar-refractivity contribution in [3.63, 3.8) is 0 Å². The molecule has 138 valence electrons. The number of aliphatic hydroxyl groups is 2. The molecule has 0 saturated heterocycles. The van der Waals surface area contributed by atoms with Gasteiger partial charge in [-0.25, -0.2) is 4.98 Å².